The van der Waals surface area contributed by atoms with Gasteiger partial charge in [0.05, 0.1) is 0 Å². The molecular formula is C12H20. The van der Waals surface area contributed by atoms with Crippen LogP contribution in [0.15, 0.2) is 11.6 Å². The first-order valence-electron chi connectivity index (χ1n) is 5.43. The predicted molar refractivity (Wildman–Crippen MR) is 53.1 cm³/mol. The molecule has 0 N–H and O–H groups in total. The van der Waals surface area contributed by atoms with Crippen LogP contribution in [-0.2, 0) is 0 Å². The molecule has 0 atom stereocenters. The fourth-order valence-corrected chi connectivity index (χ4v) is 2.72. The van der Waals surface area contributed by atoms with E-state index in [0.29, 0.717) is 5.41 Å². The molecule has 0 nitrogen and oxygen atoms in total. The molecular weight excluding hydrogens is 144 g/mol. The molecule has 1 saturated carbocycles. The van der Waals surface area contributed by atoms with E-state index in [1.165, 1.54) is 38.5 Å². The van der Waals surface area contributed by atoms with Gasteiger partial charge in [0.15, 0.2) is 0 Å². The van der Waals surface area contributed by atoms with E-state index in [2.05, 4.69) is 19.9 Å². The maximum Gasteiger partial charge on any atom is -0.00782 e. The molecule has 0 unspecified atom stereocenters. The van der Waals surface area contributed by atoms with Crippen LogP contribution in [0.25, 0.3) is 0 Å². The Morgan fingerprint density at radius 3 is 2.25 bits per heavy atom. The highest BCUT2D eigenvalue weighted by molar-refractivity contribution is 5.25. The van der Waals surface area contributed by atoms with Crippen molar-refractivity contribution >= 4 is 0 Å². The van der Waals surface area contributed by atoms with Gasteiger partial charge in [-0.25, -0.2) is 0 Å². The minimum atomic E-state index is 0.692. The molecule has 0 aromatic heterocycles. The van der Waals surface area contributed by atoms with Crippen LogP contribution >= 0.6 is 0 Å². The molecule has 12 heavy (non-hydrogen) atoms. The summed E-state index contributed by atoms with van der Waals surface area (Å²) in [6.45, 7) is 4.64. The summed E-state index contributed by atoms with van der Waals surface area (Å²) in [4.78, 5) is 0. The lowest BCUT2D eigenvalue weighted by atomic mass is 9.61. The highest BCUT2D eigenvalue weighted by Crippen LogP contribution is 2.51. The maximum atomic E-state index is 2.59. The molecule has 0 aromatic carbocycles. The Balaban J connectivity index is 2.00. The first-order valence-corrected chi connectivity index (χ1v) is 5.43. The van der Waals surface area contributed by atoms with Gasteiger partial charge in [-0.2, -0.15) is 0 Å². The van der Waals surface area contributed by atoms with Gasteiger partial charge in [0.1, 0.15) is 0 Å². The molecule has 2 aliphatic rings. The van der Waals surface area contributed by atoms with Gasteiger partial charge in [-0.3, -0.25) is 0 Å². The van der Waals surface area contributed by atoms with Crippen LogP contribution in [0.5, 0.6) is 0 Å². The number of rotatable bonds is 1. The molecule has 1 spiro atoms. The third kappa shape index (κ3) is 1.32. The highest BCUT2D eigenvalue weighted by Gasteiger charge is 2.37. The van der Waals surface area contributed by atoms with Gasteiger partial charge < -0.3 is 0 Å². The largest absolute Gasteiger partial charge is 0.0785 e. The zero-order valence-corrected chi connectivity index (χ0v) is 8.40. The van der Waals surface area contributed by atoms with Crippen molar-refractivity contribution in [1.29, 1.82) is 0 Å². The first kappa shape index (κ1) is 8.34. The van der Waals surface area contributed by atoms with Gasteiger partial charge in [-0.1, -0.05) is 44.8 Å². The second-order valence-electron chi connectivity index (χ2n) is 4.97. The molecule has 0 aromatic rings. The second-order valence-corrected chi connectivity index (χ2v) is 4.97. The van der Waals surface area contributed by atoms with Gasteiger partial charge in [0, 0.05) is 0 Å². The molecule has 68 valence electrons. The van der Waals surface area contributed by atoms with Crippen molar-refractivity contribution in [1.82, 2.24) is 0 Å². The van der Waals surface area contributed by atoms with E-state index in [4.69, 9.17) is 0 Å². The molecule has 0 amide bonds. The smallest absolute Gasteiger partial charge is 0.00782 e. The monoisotopic (exact) mass is 164 g/mol. The maximum absolute atomic E-state index is 2.59. The summed E-state index contributed by atoms with van der Waals surface area (Å²) >= 11 is 0. The van der Waals surface area contributed by atoms with Crippen LogP contribution in [0.1, 0.15) is 52.4 Å². The summed E-state index contributed by atoms with van der Waals surface area (Å²) < 4.78 is 0. The van der Waals surface area contributed by atoms with Gasteiger partial charge in [-0.05, 0) is 30.6 Å². The lowest BCUT2D eigenvalue weighted by Crippen LogP contribution is -2.31. The lowest BCUT2D eigenvalue weighted by molar-refractivity contribution is 0.215. The molecule has 0 heteroatoms. The van der Waals surface area contributed by atoms with Crippen LogP contribution in [0, 0.1) is 11.3 Å². The van der Waals surface area contributed by atoms with Crippen LogP contribution in [-0.4, -0.2) is 0 Å². The highest BCUT2D eigenvalue weighted by atomic mass is 14.4. The van der Waals surface area contributed by atoms with Gasteiger partial charge >= 0.3 is 0 Å². The summed E-state index contributed by atoms with van der Waals surface area (Å²) in [5.74, 6) is 0.803. The standard InChI is InChI=1S/C12H20/c1-10(2)11-8-12(9-11)6-4-3-5-7-12/h8,10H,3-7,9H2,1-2H3. The van der Waals surface area contributed by atoms with Gasteiger partial charge in [0.25, 0.3) is 0 Å². The molecule has 2 aliphatic carbocycles. The number of hydrogen-bond donors (Lipinski definition) is 0. The SMILES string of the molecule is CC(C)C1=CC2(CCCCC2)C1. The fraction of sp³-hybridized carbons (Fsp3) is 0.833. The zero-order chi connectivity index (χ0) is 8.60. The summed E-state index contributed by atoms with van der Waals surface area (Å²) in [6, 6.07) is 0. The van der Waals surface area contributed by atoms with Crippen molar-refractivity contribution in [3.05, 3.63) is 11.6 Å². The molecule has 0 saturated heterocycles. The molecule has 0 aliphatic heterocycles. The summed E-state index contributed by atoms with van der Waals surface area (Å²) in [6.07, 6.45) is 11.4. The minimum Gasteiger partial charge on any atom is -0.0785 e. The second kappa shape index (κ2) is 2.90. The van der Waals surface area contributed by atoms with Crippen LogP contribution in [0.4, 0.5) is 0 Å². The van der Waals surface area contributed by atoms with E-state index >= 15 is 0 Å². The predicted octanol–water partition coefficient (Wildman–Crippen LogP) is 3.92. The molecule has 0 heterocycles. The van der Waals surface area contributed by atoms with Crippen molar-refractivity contribution in [2.45, 2.75) is 52.4 Å². The Morgan fingerprint density at radius 1 is 1.17 bits per heavy atom. The van der Waals surface area contributed by atoms with E-state index in [0.717, 1.165) is 5.92 Å². The quantitative estimate of drug-likeness (QED) is 0.515. The Morgan fingerprint density at radius 2 is 1.75 bits per heavy atom. The van der Waals surface area contributed by atoms with Gasteiger partial charge in [0.2, 0.25) is 0 Å². The first-order chi connectivity index (χ1) is 5.72. The summed E-state index contributed by atoms with van der Waals surface area (Å²) in [7, 11) is 0. The molecule has 0 radical (unpaired) electrons. The average Bonchev–Trinajstić information content (AvgIpc) is 2.01. The van der Waals surface area contributed by atoms with E-state index in [1.807, 2.05) is 0 Å². The normalized spacial score (nSPS) is 27.1. The number of hydrogen-bond acceptors (Lipinski definition) is 0. The van der Waals surface area contributed by atoms with E-state index in [1.54, 1.807) is 5.57 Å². The third-order valence-electron chi connectivity index (χ3n) is 3.64. The zero-order valence-electron chi connectivity index (χ0n) is 8.40. The van der Waals surface area contributed by atoms with Crippen LogP contribution in [0.2, 0.25) is 0 Å². The van der Waals surface area contributed by atoms with E-state index in [-0.39, 0.29) is 0 Å². The van der Waals surface area contributed by atoms with Crippen LogP contribution < -0.4 is 0 Å². The molecule has 0 bridgehead atoms. The van der Waals surface area contributed by atoms with E-state index < -0.39 is 0 Å². The molecule has 1 fully saturated rings. The Bertz CT molecular complexity index is 192. The summed E-state index contributed by atoms with van der Waals surface area (Å²) in [5.41, 5.74) is 2.41. The van der Waals surface area contributed by atoms with Crippen molar-refractivity contribution in [3.63, 3.8) is 0 Å². The number of allylic oxidation sites excluding steroid dienone is 2. The average molecular weight is 164 g/mol. The van der Waals surface area contributed by atoms with Crippen molar-refractivity contribution in [2.24, 2.45) is 11.3 Å². The fourth-order valence-electron chi connectivity index (χ4n) is 2.72. The van der Waals surface area contributed by atoms with Crippen molar-refractivity contribution in [3.8, 4) is 0 Å². The van der Waals surface area contributed by atoms with E-state index in [9.17, 15) is 0 Å². The molecule has 2 rings (SSSR count). The summed E-state index contributed by atoms with van der Waals surface area (Å²) in [5, 5.41) is 0. The minimum absolute atomic E-state index is 0.692. The van der Waals surface area contributed by atoms with Gasteiger partial charge in [-0.15, -0.1) is 0 Å². The lowest BCUT2D eigenvalue weighted by Gasteiger charge is -2.44. The Hall–Kier alpha value is -0.260. The third-order valence-corrected chi connectivity index (χ3v) is 3.64. The Kier molecular flexibility index (Phi) is 2.02. The van der Waals surface area contributed by atoms with Crippen molar-refractivity contribution < 1.29 is 0 Å². The topological polar surface area (TPSA) is 0 Å². The Labute approximate surface area is 76.1 Å². The van der Waals surface area contributed by atoms with Crippen LogP contribution in [0.3, 0.4) is 0 Å². The van der Waals surface area contributed by atoms with Crippen molar-refractivity contribution in [2.75, 3.05) is 0 Å².